The highest BCUT2D eigenvalue weighted by molar-refractivity contribution is 5.96. The Morgan fingerprint density at radius 1 is 1.26 bits per heavy atom. The minimum Gasteiger partial charge on any atom is -0.482 e. The summed E-state index contributed by atoms with van der Waals surface area (Å²) in [7, 11) is 0. The normalized spacial score (nSPS) is 31.6. The van der Waals surface area contributed by atoms with E-state index in [4.69, 9.17) is 4.74 Å². The van der Waals surface area contributed by atoms with Crippen LogP contribution in [0.15, 0.2) is 18.2 Å². The van der Waals surface area contributed by atoms with Crippen LogP contribution in [0, 0.1) is 11.8 Å². The van der Waals surface area contributed by atoms with Crippen LogP contribution in [0.3, 0.4) is 0 Å². The third kappa shape index (κ3) is 1.95. The first kappa shape index (κ1) is 11.1. The molecule has 2 saturated carbocycles. The van der Waals surface area contributed by atoms with E-state index in [0.29, 0.717) is 6.04 Å². The number of fused-ring (bicyclic) bond motifs is 3. The van der Waals surface area contributed by atoms with Crippen LogP contribution in [0.2, 0.25) is 0 Å². The van der Waals surface area contributed by atoms with Crippen LogP contribution in [-0.4, -0.2) is 18.6 Å². The summed E-state index contributed by atoms with van der Waals surface area (Å²) in [4.78, 5) is 11.3. The molecule has 0 spiro atoms. The van der Waals surface area contributed by atoms with Crippen LogP contribution in [0.1, 0.15) is 25.7 Å². The standard InChI is InChI=1S/C15H18N2O2/c18-15-8-19-14-4-3-11(7-13(14)17-15)16-12-6-9-1-2-10(12)5-9/h3-4,7,9-10,12,16H,1-2,5-6,8H2,(H,17,18). The second-order valence-electron chi connectivity index (χ2n) is 5.97. The molecule has 0 aromatic heterocycles. The molecule has 100 valence electrons. The fraction of sp³-hybridized carbons (Fsp3) is 0.533. The van der Waals surface area contributed by atoms with Gasteiger partial charge in [-0.15, -0.1) is 0 Å². The van der Waals surface area contributed by atoms with Crippen molar-refractivity contribution in [3.8, 4) is 5.75 Å². The number of hydrogen-bond acceptors (Lipinski definition) is 3. The summed E-state index contributed by atoms with van der Waals surface area (Å²) >= 11 is 0. The van der Waals surface area contributed by atoms with Gasteiger partial charge in [0.05, 0.1) is 5.69 Å². The van der Waals surface area contributed by atoms with Gasteiger partial charge in [0.15, 0.2) is 6.61 Å². The lowest BCUT2D eigenvalue weighted by Crippen LogP contribution is -2.27. The number of benzene rings is 1. The molecule has 1 aromatic rings. The highest BCUT2D eigenvalue weighted by Crippen LogP contribution is 2.45. The lowest BCUT2D eigenvalue weighted by molar-refractivity contribution is -0.118. The van der Waals surface area contributed by atoms with E-state index in [1.807, 2.05) is 18.2 Å². The number of carbonyl (C=O) groups excluding carboxylic acids is 1. The fourth-order valence-electron chi connectivity index (χ4n) is 3.81. The van der Waals surface area contributed by atoms with Crippen molar-refractivity contribution in [2.45, 2.75) is 31.7 Å². The van der Waals surface area contributed by atoms with Crippen molar-refractivity contribution in [3.63, 3.8) is 0 Å². The van der Waals surface area contributed by atoms with Crippen molar-refractivity contribution in [2.75, 3.05) is 17.2 Å². The molecule has 3 unspecified atom stereocenters. The molecule has 4 rings (SSSR count). The first-order valence-corrected chi connectivity index (χ1v) is 7.11. The molecule has 2 aliphatic carbocycles. The quantitative estimate of drug-likeness (QED) is 0.857. The Labute approximate surface area is 112 Å². The zero-order valence-electron chi connectivity index (χ0n) is 10.8. The zero-order chi connectivity index (χ0) is 12.8. The van der Waals surface area contributed by atoms with Gasteiger partial charge >= 0.3 is 0 Å². The molecule has 4 nitrogen and oxygen atoms in total. The third-order valence-electron chi connectivity index (χ3n) is 4.70. The maximum atomic E-state index is 11.3. The van der Waals surface area contributed by atoms with Gasteiger partial charge in [-0.25, -0.2) is 0 Å². The number of hydrogen-bond donors (Lipinski definition) is 2. The monoisotopic (exact) mass is 258 g/mol. The summed E-state index contributed by atoms with van der Waals surface area (Å²) in [5, 5.41) is 6.49. The van der Waals surface area contributed by atoms with Crippen LogP contribution in [-0.2, 0) is 4.79 Å². The molecular weight excluding hydrogens is 240 g/mol. The van der Waals surface area contributed by atoms with Crippen molar-refractivity contribution >= 4 is 17.3 Å². The molecule has 1 aromatic carbocycles. The van der Waals surface area contributed by atoms with Crippen molar-refractivity contribution in [2.24, 2.45) is 11.8 Å². The number of anilines is 2. The molecule has 4 heteroatoms. The number of rotatable bonds is 2. The SMILES string of the molecule is O=C1COc2ccc(NC3CC4CCC3C4)cc2N1. The fourth-order valence-corrected chi connectivity index (χ4v) is 3.81. The number of nitrogens with one attached hydrogen (secondary N) is 2. The van der Waals surface area contributed by atoms with E-state index >= 15 is 0 Å². The van der Waals surface area contributed by atoms with Crippen molar-refractivity contribution in [1.82, 2.24) is 0 Å². The molecule has 3 atom stereocenters. The summed E-state index contributed by atoms with van der Waals surface area (Å²) < 4.78 is 5.37. The highest BCUT2D eigenvalue weighted by atomic mass is 16.5. The predicted molar refractivity (Wildman–Crippen MR) is 73.4 cm³/mol. The van der Waals surface area contributed by atoms with E-state index < -0.39 is 0 Å². The maximum Gasteiger partial charge on any atom is 0.262 e. The van der Waals surface area contributed by atoms with E-state index in [9.17, 15) is 4.79 Å². The molecular formula is C15H18N2O2. The Hall–Kier alpha value is -1.71. The van der Waals surface area contributed by atoms with Crippen LogP contribution in [0.5, 0.6) is 5.75 Å². The van der Waals surface area contributed by atoms with Gasteiger partial charge in [0.2, 0.25) is 0 Å². The lowest BCUT2D eigenvalue weighted by atomic mass is 9.95. The second-order valence-corrected chi connectivity index (χ2v) is 5.97. The molecule has 2 bridgehead atoms. The number of carbonyl (C=O) groups is 1. The zero-order valence-corrected chi connectivity index (χ0v) is 10.8. The molecule has 0 saturated heterocycles. The van der Waals surface area contributed by atoms with Gasteiger partial charge in [-0.3, -0.25) is 4.79 Å². The maximum absolute atomic E-state index is 11.3. The van der Waals surface area contributed by atoms with E-state index in [1.54, 1.807) is 0 Å². The Bertz CT molecular complexity index is 529. The predicted octanol–water partition coefficient (Wildman–Crippen LogP) is 2.62. The molecule has 2 fully saturated rings. The second kappa shape index (κ2) is 4.15. The van der Waals surface area contributed by atoms with Crippen molar-refractivity contribution in [1.29, 1.82) is 0 Å². The van der Waals surface area contributed by atoms with Crippen LogP contribution >= 0.6 is 0 Å². The van der Waals surface area contributed by atoms with Gasteiger partial charge in [0.1, 0.15) is 5.75 Å². The van der Waals surface area contributed by atoms with E-state index in [1.165, 1.54) is 25.7 Å². The summed E-state index contributed by atoms with van der Waals surface area (Å²) in [5.41, 5.74) is 1.87. The van der Waals surface area contributed by atoms with Crippen molar-refractivity contribution < 1.29 is 9.53 Å². The van der Waals surface area contributed by atoms with E-state index in [-0.39, 0.29) is 12.5 Å². The Morgan fingerprint density at radius 3 is 3.00 bits per heavy atom. The van der Waals surface area contributed by atoms with E-state index in [0.717, 1.165) is 29.0 Å². The smallest absolute Gasteiger partial charge is 0.262 e. The Kier molecular flexibility index (Phi) is 2.43. The summed E-state index contributed by atoms with van der Waals surface area (Å²) in [6.07, 6.45) is 5.47. The van der Waals surface area contributed by atoms with Crippen molar-refractivity contribution in [3.05, 3.63) is 18.2 Å². The van der Waals surface area contributed by atoms with Gasteiger partial charge < -0.3 is 15.4 Å². The van der Waals surface area contributed by atoms with Gasteiger partial charge in [-0.2, -0.15) is 0 Å². The first-order valence-electron chi connectivity index (χ1n) is 7.11. The first-order chi connectivity index (χ1) is 9.28. The average molecular weight is 258 g/mol. The van der Waals surface area contributed by atoms with Crippen LogP contribution < -0.4 is 15.4 Å². The lowest BCUT2D eigenvalue weighted by Gasteiger charge is -2.25. The van der Waals surface area contributed by atoms with Gasteiger partial charge in [-0.1, -0.05) is 6.42 Å². The molecule has 0 radical (unpaired) electrons. The molecule has 1 heterocycles. The number of ether oxygens (including phenoxy) is 1. The molecule has 19 heavy (non-hydrogen) atoms. The highest BCUT2D eigenvalue weighted by Gasteiger charge is 2.39. The van der Waals surface area contributed by atoms with Crippen LogP contribution in [0.4, 0.5) is 11.4 Å². The Balaban J connectivity index is 1.52. The topological polar surface area (TPSA) is 50.4 Å². The van der Waals surface area contributed by atoms with Gasteiger partial charge in [-0.05, 0) is 49.3 Å². The molecule has 2 N–H and O–H groups in total. The summed E-state index contributed by atoms with van der Waals surface area (Å²) in [5.74, 6) is 2.46. The van der Waals surface area contributed by atoms with Crippen LogP contribution in [0.25, 0.3) is 0 Å². The number of amides is 1. The third-order valence-corrected chi connectivity index (χ3v) is 4.70. The molecule has 1 aliphatic heterocycles. The molecule has 3 aliphatic rings. The minimum absolute atomic E-state index is 0.0791. The minimum atomic E-state index is -0.0791. The van der Waals surface area contributed by atoms with E-state index in [2.05, 4.69) is 10.6 Å². The molecule has 1 amide bonds. The van der Waals surface area contributed by atoms with Gasteiger partial charge in [0, 0.05) is 11.7 Å². The Morgan fingerprint density at radius 2 is 2.21 bits per heavy atom. The average Bonchev–Trinajstić information content (AvgIpc) is 3.00. The summed E-state index contributed by atoms with van der Waals surface area (Å²) in [6.45, 7) is 0.117. The largest absolute Gasteiger partial charge is 0.482 e. The summed E-state index contributed by atoms with van der Waals surface area (Å²) in [6, 6.07) is 6.57. The van der Waals surface area contributed by atoms with Gasteiger partial charge in [0.25, 0.3) is 5.91 Å².